The molecule has 0 aliphatic rings. The van der Waals surface area contributed by atoms with Gasteiger partial charge in [0.15, 0.2) is 0 Å². The van der Waals surface area contributed by atoms with Crippen molar-refractivity contribution in [2.75, 3.05) is 24.3 Å². The SMILES string of the molecule is Cc1cc(NC(=O)NC(=O)c2ccccc2N(C)C)ccc1Oc1ncc(Cl)cn1. The molecule has 154 valence electrons. The zero-order valence-electron chi connectivity index (χ0n) is 16.6. The van der Waals surface area contributed by atoms with E-state index in [9.17, 15) is 9.59 Å². The van der Waals surface area contributed by atoms with Gasteiger partial charge in [0, 0.05) is 25.5 Å². The van der Waals surface area contributed by atoms with Crippen LogP contribution in [-0.4, -0.2) is 36.0 Å². The van der Waals surface area contributed by atoms with Gasteiger partial charge in [-0.1, -0.05) is 23.7 Å². The Morgan fingerprint density at radius 1 is 1.07 bits per heavy atom. The first-order chi connectivity index (χ1) is 14.3. The molecule has 2 aromatic carbocycles. The number of aromatic nitrogens is 2. The van der Waals surface area contributed by atoms with Crippen LogP contribution in [0.15, 0.2) is 54.9 Å². The fourth-order valence-electron chi connectivity index (χ4n) is 2.68. The van der Waals surface area contributed by atoms with Gasteiger partial charge in [-0.2, -0.15) is 0 Å². The molecule has 1 aromatic heterocycles. The van der Waals surface area contributed by atoms with Crippen molar-refractivity contribution in [3.8, 4) is 11.8 Å². The van der Waals surface area contributed by atoms with Crippen molar-refractivity contribution in [1.82, 2.24) is 15.3 Å². The number of nitrogens with zero attached hydrogens (tertiary/aromatic N) is 3. The number of imide groups is 1. The fraction of sp³-hybridized carbons (Fsp3) is 0.143. The number of ether oxygens (including phenoxy) is 1. The molecule has 30 heavy (non-hydrogen) atoms. The summed E-state index contributed by atoms with van der Waals surface area (Å²) >= 11 is 5.76. The Labute approximate surface area is 178 Å². The average molecular weight is 426 g/mol. The molecule has 0 radical (unpaired) electrons. The smallest absolute Gasteiger partial charge is 0.326 e. The number of urea groups is 1. The van der Waals surface area contributed by atoms with Crippen LogP contribution in [0.5, 0.6) is 11.8 Å². The van der Waals surface area contributed by atoms with E-state index in [1.807, 2.05) is 27.1 Å². The largest absolute Gasteiger partial charge is 0.424 e. The third-order valence-electron chi connectivity index (χ3n) is 4.09. The third kappa shape index (κ3) is 5.24. The second kappa shape index (κ2) is 9.23. The van der Waals surface area contributed by atoms with Crippen LogP contribution in [0.1, 0.15) is 15.9 Å². The Balaban J connectivity index is 1.65. The Morgan fingerprint density at radius 3 is 2.43 bits per heavy atom. The number of carbonyl (C=O) groups excluding carboxylic acids is 2. The van der Waals surface area contributed by atoms with Crippen molar-refractivity contribution in [2.24, 2.45) is 0 Å². The lowest BCUT2D eigenvalue weighted by Crippen LogP contribution is -2.35. The Hall–Kier alpha value is -3.65. The highest BCUT2D eigenvalue weighted by Gasteiger charge is 2.15. The molecule has 0 atom stereocenters. The van der Waals surface area contributed by atoms with Gasteiger partial charge in [-0.05, 0) is 42.8 Å². The maximum atomic E-state index is 12.5. The van der Waals surface area contributed by atoms with E-state index in [1.165, 1.54) is 12.4 Å². The van der Waals surface area contributed by atoms with E-state index in [0.717, 1.165) is 5.56 Å². The minimum atomic E-state index is -0.636. The minimum Gasteiger partial charge on any atom is -0.424 e. The van der Waals surface area contributed by atoms with E-state index in [1.54, 1.807) is 41.3 Å². The monoisotopic (exact) mass is 425 g/mol. The van der Waals surface area contributed by atoms with Crippen molar-refractivity contribution < 1.29 is 14.3 Å². The molecule has 9 heteroatoms. The molecule has 0 unspecified atom stereocenters. The highest BCUT2D eigenvalue weighted by atomic mass is 35.5. The van der Waals surface area contributed by atoms with Crippen molar-refractivity contribution in [1.29, 1.82) is 0 Å². The van der Waals surface area contributed by atoms with Crippen LogP contribution in [-0.2, 0) is 0 Å². The van der Waals surface area contributed by atoms with E-state index in [4.69, 9.17) is 16.3 Å². The first kappa shape index (κ1) is 21.1. The molecule has 0 saturated heterocycles. The topological polar surface area (TPSA) is 96.5 Å². The van der Waals surface area contributed by atoms with Gasteiger partial charge in [0.1, 0.15) is 5.75 Å². The first-order valence-electron chi connectivity index (χ1n) is 8.98. The number of amides is 3. The van der Waals surface area contributed by atoms with Gasteiger partial charge in [-0.15, -0.1) is 0 Å². The maximum absolute atomic E-state index is 12.5. The van der Waals surface area contributed by atoms with Crippen LogP contribution in [0.2, 0.25) is 5.02 Å². The van der Waals surface area contributed by atoms with Crippen molar-refractivity contribution in [2.45, 2.75) is 6.92 Å². The molecule has 0 bridgehead atoms. The number of anilines is 2. The summed E-state index contributed by atoms with van der Waals surface area (Å²) in [5.41, 5.74) is 2.36. The highest BCUT2D eigenvalue weighted by molar-refractivity contribution is 6.30. The van der Waals surface area contributed by atoms with Crippen LogP contribution in [0.3, 0.4) is 0 Å². The molecule has 0 aliphatic carbocycles. The number of benzene rings is 2. The molecule has 0 spiro atoms. The molecular weight excluding hydrogens is 406 g/mol. The standard InChI is InChI=1S/C21H20ClN5O3/c1-13-10-15(8-9-18(13)30-21-23-11-14(22)12-24-21)25-20(29)26-19(28)16-6-4-5-7-17(16)27(2)3/h4-12H,1-3H3,(H2,25,26,28,29). The Bertz CT molecular complexity index is 1070. The number of aryl methyl sites for hydroxylation is 1. The molecule has 0 saturated carbocycles. The van der Waals surface area contributed by atoms with Crippen LogP contribution in [0.25, 0.3) is 0 Å². The fourth-order valence-corrected chi connectivity index (χ4v) is 2.78. The number of halogens is 1. The second-order valence-corrected chi connectivity index (χ2v) is 7.02. The summed E-state index contributed by atoms with van der Waals surface area (Å²) in [7, 11) is 3.65. The van der Waals surface area contributed by atoms with Crippen molar-refractivity contribution in [3.05, 3.63) is 71.0 Å². The summed E-state index contributed by atoms with van der Waals surface area (Å²) in [6.07, 6.45) is 2.87. The molecule has 3 aromatic rings. The third-order valence-corrected chi connectivity index (χ3v) is 4.28. The van der Waals surface area contributed by atoms with Crippen LogP contribution >= 0.6 is 11.6 Å². The van der Waals surface area contributed by atoms with Gasteiger partial charge in [0.2, 0.25) is 0 Å². The molecule has 3 amide bonds. The summed E-state index contributed by atoms with van der Waals surface area (Å²) in [4.78, 5) is 34.5. The second-order valence-electron chi connectivity index (χ2n) is 6.59. The Kier molecular flexibility index (Phi) is 6.48. The predicted octanol–water partition coefficient (Wildman–Crippen LogP) is 4.26. The number of hydrogen-bond acceptors (Lipinski definition) is 6. The lowest BCUT2D eigenvalue weighted by atomic mass is 10.1. The summed E-state index contributed by atoms with van der Waals surface area (Å²) in [6.45, 7) is 1.81. The van der Waals surface area contributed by atoms with Gasteiger partial charge < -0.3 is 15.0 Å². The number of para-hydroxylation sites is 1. The van der Waals surface area contributed by atoms with E-state index in [2.05, 4.69) is 20.6 Å². The summed E-state index contributed by atoms with van der Waals surface area (Å²) in [5.74, 6) is 0.0348. The van der Waals surface area contributed by atoms with E-state index in [-0.39, 0.29) is 6.01 Å². The van der Waals surface area contributed by atoms with Crippen LogP contribution in [0, 0.1) is 6.92 Å². The number of carbonyl (C=O) groups is 2. The Morgan fingerprint density at radius 2 is 1.77 bits per heavy atom. The van der Waals surface area contributed by atoms with E-state index < -0.39 is 11.9 Å². The summed E-state index contributed by atoms with van der Waals surface area (Å²) in [6, 6.07) is 11.6. The van der Waals surface area contributed by atoms with Crippen molar-refractivity contribution >= 4 is 34.9 Å². The molecule has 0 fully saturated rings. The van der Waals surface area contributed by atoms with Crippen LogP contribution in [0.4, 0.5) is 16.2 Å². The van der Waals surface area contributed by atoms with Gasteiger partial charge in [0.05, 0.1) is 23.0 Å². The molecular formula is C21H20ClN5O3. The molecule has 0 aliphatic heterocycles. The molecule has 3 rings (SSSR count). The lowest BCUT2D eigenvalue weighted by Gasteiger charge is -2.16. The number of hydrogen-bond donors (Lipinski definition) is 2. The predicted molar refractivity (Wildman–Crippen MR) is 116 cm³/mol. The maximum Gasteiger partial charge on any atom is 0.326 e. The van der Waals surface area contributed by atoms with Gasteiger partial charge >= 0.3 is 12.0 Å². The summed E-state index contributed by atoms with van der Waals surface area (Å²) in [5, 5.41) is 5.39. The normalized spacial score (nSPS) is 10.3. The zero-order chi connectivity index (χ0) is 21.7. The quantitative estimate of drug-likeness (QED) is 0.634. The van der Waals surface area contributed by atoms with Gasteiger partial charge in [0.25, 0.3) is 5.91 Å². The first-order valence-corrected chi connectivity index (χ1v) is 9.36. The molecule has 8 nitrogen and oxygen atoms in total. The van der Waals surface area contributed by atoms with Gasteiger partial charge in [-0.25, -0.2) is 14.8 Å². The number of rotatable bonds is 5. The summed E-state index contributed by atoms with van der Waals surface area (Å²) < 4.78 is 5.61. The molecule has 2 N–H and O–H groups in total. The van der Waals surface area contributed by atoms with E-state index >= 15 is 0 Å². The van der Waals surface area contributed by atoms with Gasteiger partial charge in [-0.3, -0.25) is 10.1 Å². The minimum absolute atomic E-state index is 0.158. The van der Waals surface area contributed by atoms with E-state index in [0.29, 0.717) is 27.7 Å². The van der Waals surface area contributed by atoms with Crippen LogP contribution < -0.4 is 20.3 Å². The zero-order valence-corrected chi connectivity index (χ0v) is 17.4. The van der Waals surface area contributed by atoms with Crippen molar-refractivity contribution in [3.63, 3.8) is 0 Å². The highest BCUT2D eigenvalue weighted by Crippen LogP contribution is 2.25. The molecule has 1 heterocycles. The number of nitrogens with one attached hydrogen (secondary N) is 2. The lowest BCUT2D eigenvalue weighted by molar-refractivity contribution is 0.0967. The average Bonchev–Trinajstić information content (AvgIpc) is 2.71.